The van der Waals surface area contributed by atoms with Crippen molar-refractivity contribution in [3.05, 3.63) is 39.9 Å². The van der Waals surface area contributed by atoms with Gasteiger partial charge in [0.25, 0.3) is 5.69 Å². The molecule has 6 heteroatoms. The number of ether oxygens (including phenoxy) is 1. The maximum atomic E-state index is 11.1. The second-order valence-electron chi connectivity index (χ2n) is 3.68. The first-order valence-electron chi connectivity index (χ1n) is 5.08. The van der Waals surface area contributed by atoms with Crippen LogP contribution in [-0.2, 0) is 11.2 Å². The first kappa shape index (κ1) is 13.0. The Morgan fingerprint density at radius 2 is 1.94 bits per heavy atom. The van der Waals surface area contributed by atoms with E-state index in [1.165, 1.54) is 17.0 Å². The molecule has 0 saturated heterocycles. The topological polar surface area (TPSA) is 72.7 Å². The molecule has 0 spiro atoms. The Morgan fingerprint density at radius 1 is 1.35 bits per heavy atom. The highest BCUT2D eigenvalue weighted by Crippen LogP contribution is 2.12. The van der Waals surface area contributed by atoms with Crippen LogP contribution in [0.2, 0.25) is 0 Å². The van der Waals surface area contributed by atoms with E-state index in [1.807, 2.05) is 0 Å². The molecule has 0 aliphatic rings. The van der Waals surface area contributed by atoms with Crippen LogP contribution < -0.4 is 0 Å². The average molecular weight is 238 g/mol. The van der Waals surface area contributed by atoms with Crippen LogP contribution in [0.3, 0.4) is 0 Å². The lowest BCUT2D eigenvalue weighted by Gasteiger charge is -2.10. The van der Waals surface area contributed by atoms with Gasteiger partial charge in [0.05, 0.1) is 11.5 Å². The molecular weight excluding hydrogens is 224 g/mol. The zero-order chi connectivity index (χ0) is 12.8. The zero-order valence-electron chi connectivity index (χ0n) is 9.75. The number of carbonyl (C=O) groups is 1. The molecule has 1 aromatic carbocycles. The molecule has 1 aromatic rings. The third kappa shape index (κ3) is 4.10. The first-order chi connectivity index (χ1) is 8.00. The van der Waals surface area contributed by atoms with Crippen molar-refractivity contribution in [1.82, 2.24) is 4.90 Å². The summed E-state index contributed by atoms with van der Waals surface area (Å²) in [6.45, 7) is 0.259. The minimum Gasteiger partial charge on any atom is -0.449 e. The highest BCUT2D eigenvalue weighted by molar-refractivity contribution is 5.66. The molecule has 0 saturated carbocycles. The van der Waals surface area contributed by atoms with Gasteiger partial charge >= 0.3 is 6.09 Å². The van der Waals surface area contributed by atoms with Crippen LogP contribution in [0.25, 0.3) is 0 Å². The summed E-state index contributed by atoms with van der Waals surface area (Å²) >= 11 is 0. The SMILES string of the molecule is CN(C)C(=O)OCCc1ccc([N+](=O)[O-])cc1. The molecule has 0 aliphatic carbocycles. The van der Waals surface area contributed by atoms with Crippen molar-refractivity contribution in [2.75, 3.05) is 20.7 Å². The van der Waals surface area contributed by atoms with Gasteiger partial charge in [-0.15, -0.1) is 0 Å². The summed E-state index contributed by atoms with van der Waals surface area (Å²) < 4.78 is 4.94. The fourth-order valence-electron chi connectivity index (χ4n) is 1.17. The number of non-ortho nitro benzene ring substituents is 1. The zero-order valence-corrected chi connectivity index (χ0v) is 9.75. The van der Waals surface area contributed by atoms with Crippen LogP contribution >= 0.6 is 0 Å². The van der Waals surface area contributed by atoms with E-state index < -0.39 is 11.0 Å². The average Bonchev–Trinajstić information content (AvgIpc) is 2.29. The largest absolute Gasteiger partial charge is 0.449 e. The molecule has 0 heterocycles. The molecule has 0 N–H and O–H groups in total. The van der Waals surface area contributed by atoms with Crippen LogP contribution in [0.4, 0.5) is 10.5 Å². The molecule has 0 unspecified atom stereocenters. The Hall–Kier alpha value is -2.11. The normalized spacial score (nSPS) is 9.76. The summed E-state index contributed by atoms with van der Waals surface area (Å²) in [6.07, 6.45) is 0.143. The molecule has 1 amide bonds. The van der Waals surface area contributed by atoms with Crippen molar-refractivity contribution in [2.24, 2.45) is 0 Å². The molecule has 0 aromatic heterocycles. The number of nitro benzene ring substituents is 1. The van der Waals surface area contributed by atoms with E-state index in [-0.39, 0.29) is 12.3 Å². The Labute approximate surface area is 98.9 Å². The fraction of sp³-hybridized carbons (Fsp3) is 0.364. The van der Waals surface area contributed by atoms with E-state index in [4.69, 9.17) is 4.74 Å². The Balaban J connectivity index is 2.42. The van der Waals surface area contributed by atoms with Gasteiger partial charge in [-0.05, 0) is 5.56 Å². The van der Waals surface area contributed by atoms with Gasteiger partial charge in [0, 0.05) is 32.6 Å². The number of hydrogen-bond donors (Lipinski definition) is 0. The predicted molar refractivity (Wildman–Crippen MR) is 61.8 cm³/mol. The molecule has 17 heavy (non-hydrogen) atoms. The molecule has 0 bridgehead atoms. The van der Waals surface area contributed by atoms with Gasteiger partial charge in [-0.1, -0.05) is 12.1 Å². The van der Waals surface area contributed by atoms with Gasteiger partial charge in [0.1, 0.15) is 0 Å². The highest BCUT2D eigenvalue weighted by atomic mass is 16.6. The molecule has 0 aliphatic heterocycles. The molecular formula is C11H14N2O4. The van der Waals surface area contributed by atoms with Crippen LogP contribution in [-0.4, -0.2) is 36.6 Å². The molecule has 0 atom stereocenters. The monoisotopic (exact) mass is 238 g/mol. The quantitative estimate of drug-likeness (QED) is 0.592. The summed E-state index contributed by atoms with van der Waals surface area (Å²) in [5.41, 5.74) is 0.946. The van der Waals surface area contributed by atoms with E-state index in [1.54, 1.807) is 26.2 Å². The number of nitro groups is 1. The maximum Gasteiger partial charge on any atom is 0.409 e. The predicted octanol–water partition coefficient (Wildman–Crippen LogP) is 1.84. The first-order valence-corrected chi connectivity index (χ1v) is 5.08. The number of hydrogen-bond acceptors (Lipinski definition) is 4. The van der Waals surface area contributed by atoms with Gasteiger partial charge in [0.15, 0.2) is 0 Å². The second-order valence-corrected chi connectivity index (χ2v) is 3.68. The van der Waals surface area contributed by atoms with Crippen LogP contribution in [0, 0.1) is 10.1 Å². The van der Waals surface area contributed by atoms with Crippen molar-refractivity contribution in [3.63, 3.8) is 0 Å². The van der Waals surface area contributed by atoms with Crippen molar-refractivity contribution in [3.8, 4) is 0 Å². The summed E-state index contributed by atoms with van der Waals surface area (Å²) in [7, 11) is 3.21. The molecule has 0 radical (unpaired) electrons. The van der Waals surface area contributed by atoms with Gasteiger partial charge in [-0.25, -0.2) is 4.79 Å². The lowest BCUT2D eigenvalue weighted by atomic mass is 10.1. The Morgan fingerprint density at radius 3 is 2.41 bits per heavy atom. The standard InChI is InChI=1S/C11H14N2O4/c1-12(2)11(14)17-8-7-9-3-5-10(6-4-9)13(15)16/h3-6H,7-8H2,1-2H3. The summed E-state index contributed by atoms with van der Waals surface area (Å²) in [5, 5.41) is 10.4. The molecule has 0 fully saturated rings. The highest BCUT2D eigenvalue weighted by Gasteiger charge is 2.06. The van der Waals surface area contributed by atoms with Gasteiger partial charge < -0.3 is 9.64 Å². The Bertz CT molecular complexity index is 400. The minimum absolute atomic E-state index is 0.0547. The second kappa shape index (κ2) is 5.83. The van der Waals surface area contributed by atoms with Crippen LogP contribution in [0.15, 0.2) is 24.3 Å². The lowest BCUT2D eigenvalue weighted by molar-refractivity contribution is -0.384. The summed E-state index contributed by atoms with van der Waals surface area (Å²) in [5.74, 6) is 0. The lowest BCUT2D eigenvalue weighted by Crippen LogP contribution is -2.23. The third-order valence-corrected chi connectivity index (χ3v) is 2.13. The van der Waals surface area contributed by atoms with E-state index in [0.717, 1.165) is 5.56 Å². The number of carbonyl (C=O) groups excluding carboxylic acids is 1. The van der Waals surface area contributed by atoms with Crippen LogP contribution in [0.5, 0.6) is 0 Å². The van der Waals surface area contributed by atoms with Gasteiger partial charge in [-0.3, -0.25) is 10.1 Å². The molecule has 92 valence electrons. The summed E-state index contributed by atoms with van der Waals surface area (Å²) in [6, 6.07) is 6.18. The number of amides is 1. The summed E-state index contributed by atoms with van der Waals surface area (Å²) in [4.78, 5) is 22.4. The van der Waals surface area contributed by atoms with Crippen molar-refractivity contribution >= 4 is 11.8 Å². The fourth-order valence-corrected chi connectivity index (χ4v) is 1.17. The van der Waals surface area contributed by atoms with E-state index in [2.05, 4.69) is 0 Å². The number of benzene rings is 1. The third-order valence-electron chi connectivity index (χ3n) is 2.13. The minimum atomic E-state index is -0.449. The van der Waals surface area contributed by atoms with Crippen LogP contribution in [0.1, 0.15) is 5.56 Å². The van der Waals surface area contributed by atoms with Gasteiger partial charge in [-0.2, -0.15) is 0 Å². The van der Waals surface area contributed by atoms with Crippen molar-refractivity contribution < 1.29 is 14.5 Å². The number of nitrogens with zero attached hydrogens (tertiary/aromatic N) is 2. The molecule has 6 nitrogen and oxygen atoms in total. The number of rotatable bonds is 4. The smallest absolute Gasteiger partial charge is 0.409 e. The van der Waals surface area contributed by atoms with Crippen molar-refractivity contribution in [1.29, 1.82) is 0 Å². The van der Waals surface area contributed by atoms with E-state index >= 15 is 0 Å². The Kier molecular flexibility index (Phi) is 4.45. The van der Waals surface area contributed by atoms with Crippen molar-refractivity contribution in [2.45, 2.75) is 6.42 Å². The maximum absolute atomic E-state index is 11.1. The molecule has 1 rings (SSSR count). The van der Waals surface area contributed by atoms with E-state index in [9.17, 15) is 14.9 Å². The van der Waals surface area contributed by atoms with E-state index in [0.29, 0.717) is 6.42 Å². The van der Waals surface area contributed by atoms with Gasteiger partial charge in [0.2, 0.25) is 0 Å².